The standard InChI is InChI=1S/C17H28N4OS/c1-17(2,3)15(22)20(4)11-12-7-9-21(10-8-12)16-18-14(19-23-16)13-5-6-13/h12-13H,5-11H2,1-4H3. The van der Waals surface area contributed by atoms with E-state index in [1.54, 1.807) is 11.5 Å². The van der Waals surface area contributed by atoms with E-state index in [1.807, 2.05) is 32.7 Å². The minimum absolute atomic E-state index is 0.234. The lowest BCUT2D eigenvalue weighted by molar-refractivity contribution is -0.138. The smallest absolute Gasteiger partial charge is 0.227 e. The summed E-state index contributed by atoms with van der Waals surface area (Å²) < 4.78 is 4.51. The molecule has 1 aromatic rings. The molecule has 1 amide bonds. The van der Waals surface area contributed by atoms with Crippen molar-refractivity contribution in [2.45, 2.75) is 52.4 Å². The molecule has 1 saturated heterocycles. The molecule has 0 N–H and O–H groups in total. The fraction of sp³-hybridized carbons (Fsp3) is 0.824. The number of aromatic nitrogens is 2. The topological polar surface area (TPSA) is 49.3 Å². The van der Waals surface area contributed by atoms with Gasteiger partial charge >= 0.3 is 0 Å². The number of carbonyl (C=O) groups excluding carboxylic acids is 1. The number of rotatable bonds is 4. The molecule has 0 aromatic carbocycles. The van der Waals surface area contributed by atoms with Crippen molar-refractivity contribution < 1.29 is 4.79 Å². The number of piperidine rings is 1. The van der Waals surface area contributed by atoms with E-state index in [1.165, 1.54) is 12.8 Å². The highest BCUT2D eigenvalue weighted by atomic mass is 32.1. The molecule has 1 aromatic heterocycles. The maximum Gasteiger partial charge on any atom is 0.227 e. The normalized spacial score (nSPS) is 19.9. The van der Waals surface area contributed by atoms with Gasteiger partial charge in [0, 0.05) is 49.5 Å². The molecule has 1 aliphatic heterocycles. The van der Waals surface area contributed by atoms with Crippen LogP contribution in [0.4, 0.5) is 5.13 Å². The largest absolute Gasteiger partial charge is 0.347 e. The van der Waals surface area contributed by atoms with Crippen molar-refractivity contribution in [2.24, 2.45) is 11.3 Å². The molecular weight excluding hydrogens is 308 g/mol. The minimum atomic E-state index is -0.290. The Hall–Kier alpha value is -1.17. The zero-order valence-electron chi connectivity index (χ0n) is 14.7. The fourth-order valence-electron chi connectivity index (χ4n) is 3.21. The van der Waals surface area contributed by atoms with E-state index < -0.39 is 0 Å². The Balaban J connectivity index is 1.49. The van der Waals surface area contributed by atoms with Gasteiger partial charge in [-0.05, 0) is 31.6 Å². The van der Waals surface area contributed by atoms with E-state index in [-0.39, 0.29) is 11.3 Å². The Kier molecular flexibility index (Phi) is 4.63. The third kappa shape index (κ3) is 4.03. The lowest BCUT2D eigenvalue weighted by Gasteiger charge is -2.35. The Morgan fingerprint density at radius 1 is 1.26 bits per heavy atom. The van der Waals surface area contributed by atoms with Crippen LogP contribution in [0.3, 0.4) is 0 Å². The van der Waals surface area contributed by atoms with E-state index >= 15 is 0 Å². The number of hydrogen-bond acceptors (Lipinski definition) is 5. The second kappa shape index (κ2) is 6.38. The van der Waals surface area contributed by atoms with Crippen LogP contribution in [-0.2, 0) is 4.79 Å². The average Bonchev–Trinajstić information content (AvgIpc) is 3.24. The summed E-state index contributed by atoms with van der Waals surface area (Å²) in [5.74, 6) is 2.52. The molecule has 23 heavy (non-hydrogen) atoms. The summed E-state index contributed by atoms with van der Waals surface area (Å²) in [7, 11) is 1.94. The van der Waals surface area contributed by atoms with E-state index in [2.05, 4.69) is 9.27 Å². The van der Waals surface area contributed by atoms with Crippen LogP contribution >= 0.6 is 11.5 Å². The van der Waals surface area contributed by atoms with Crippen LogP contribution in [0.25, 0.3) is 0 Å². The highest BCUT2D eigenvalue weighted by Crippen LogP contribution is 2.40. The lowest BCUT2D eigenvalue weighted by Crippen LogP contribution is -2.42. The van der Waals surface area contributed by atoms with Gasteiger partial charge in [-0.25, -0.2) is 4.98 Å². The van der Waals surface area contributed by atoms with Crippen molar-refractivity contribution in [3.63, 3.8) is 0 Å². The van der Waals surface area contributed by atoms with Crippen LogP contribution < -0.4 is 4.90 Å². The van der Waals surface area contributed by atoms with Crippen LogP contribution in [0.2, 0.25) is 0 Å². The third-order valence-electron chi connectivity index (χ3n) is 4.78. The van der Waals surface area contributed by atoms with Crippen molar-refractivity contribution in [3.8, 4) is 0 Å². The maximum absolute atomic E-state index is 12.3. The van der Waals surface area contributed by atoms with E-state index in [4.69, 9.17) is 4.98 Å². The van der Waals surface area contributed by atoms with Gasteiger partial charge in [-0.3, -0.25) is 4.79 Å². The molecule has 1 aliphatic carbocycles. The summed E-state index contributed by atoms with van der Waals surface area (Å²) in [5, 5.41) is 1.09. The zero-order chi connectivity index (χ0) is 16.6. The van der Waals surface area contributed by atoms with Crippen molar-refractivity contribution in [3.05, 3.63) is 5.82 Å². The van der Waals surface area contributed by atoms with Crippen molar-refractivity contribution >= 4 is 22.6 Å². The Morgan fingerprint density at radius 3 is 2.48 bits per heavy atom. The molecule has 0 bridgehead atoms. The summed E-state index contributed by atoms with van der Waals surface area (Å²) in [6.07, 6.45) is 4.76. The molecule has 2 aliphatic rings. The fourth-order valence-corrected chi connectivity index (χ4v) is 4.01. The Labute approximate surface area is 143 Å². The molecule has 3 rings (SSSR count). The number of hydrogen-bond donors (Lipinski definition) is 0. The summed E-state index contributed by atoms with van der Waals surface area (Å²) in [6, 6.07) is 0. The average molecular weight is 337 g/mol. The van der Waals surface area contributed by atoms with Gasteiger partial charge in [0.2, 0.25) is 11.0 Å². The van der Waals surface area contributed by atoms with Crippen molar-refractivity contribution in [1.29, 1.82) is 0 Å². The molecule has 6 heteroatoms. The molecule has 2 fully saturated rings. The first-order chi connectivity index (χ1) is 10.8. The monoisotopic (exact) mass is 336 g/mol. The third-order valence-corrected chi connectivity index (χ3v) is 5.57. The summed E-state index contributed by atoms with van der Waals surface area (Å²) in [6.45, 7) is 8.89. The van der Waals surface area contributed by atoms with Gasteiger partial charge in [0.25, 0.3) is 0 Å². The summed E-state index contributed by atoms with van der Waals surface area (Å²) >= 11 is 1.55. The first-order valence-corrected chi connectivity index (χ1v) is 9.46. The Morgan fingerprint density at radius 2 is 1.91 bits per heavy atom. The van der Waals surface area contributed by atoms with Crippen molar-refractivity contribution in [1.82, 2.24) is 14.3 Å². The van der Waals surface area contributed by atoms with Crippen LogP contribution in [0.15, 0.2) is 0 Å². The Bertz CT molecular complexity index is 553. The van der Waals surface area contributed by atoms with Gasteiger partial charge in [0.05, 0.1) is 0 Å². The molecule has 0 spiro atoms. The van der Waals surface area contributed by atoms with Crippen LogP contribution in [0.1, 0.15) is 58.2 Å². The predicted molar refractivity (Wildman–Crippen MR) is 93.9 cm³/mol. The van der Waals surface area contributed by atoms with Gasteiger partial charge in [0.1, 0.15) is 5.82 Å². The van der Waals surface area contributed by atoms with Gasteiger partial charge in [-0.2, -0.15) is 4.37 Å². The van der Waals surface area contributed by atoms with E-state index in [0.29, 0.717) is 11.8 Å². The summed E-state index contributed by atoms with van der Waals surface area (Å²) in [4.78, 5) is 21.3. The van der Waals surface area contributed by atoms with Gasteiger partial charge < -0.3 is 9.80 Å². The van der Waals surface area contributed by atoms with E-state index in [0.717, 1.165) is 43.4 Å². The number of nitrogens with zero attached hydrogens (tertiary/aromatic N) is 4. The highest BCUT2D eigenvalue weighted by Gasteiger charge is 2.31. The molecular formula is C17H28N4OS. The van der Waals surface area contributed by atoms with Crippen LogP contribution in [-0.4, -0.2) is 46.8 Å². The first kappa shape index (κ1) is 16.7. The minimum Gasteiger partial charge on any atom is -0.347 e. The number of amides is 1. The number of anilines is 1. The molecule has 0 radical (unpaired) electrons. The van der Waals surface area contributed by atoms with Crippen molar-refractivity contribution in [2.75, 3.05) is 31.6 Å². The molecule has 2 heterocycles. The second-order valence-corrected chi connectivity index (χ2v) is 8.81. The molecule has 0 unspecified atom stereocenters. The van der Waals surface area contributed by atoms with Gasteiger partial charge in [-0.15, -0.1) is 0 Å². The van der Waals surface area contributed by atoms with Crippen LogP contribution in [0.5, 0.6) is 0 Å². The van der Waals surface area contributed by atoms with Crippen LogP contribution in [0, 0.1) is 11.3 Å². The quantitative estimate of drug-likeness (QED) is 0.847. The molecule has 5 nitrogen and oxygen atoms in total. The highest BCUT2D eigenvalue weighted by molar-refractivity contribution is 7.09. The lowest BCUT2D eigenvalue weighted by atomic mass is 9.92. The summed E-state index contributed by atoms with van der Waals surface area (Å²) in [5.41, 5.74) is -0.290. The maximum atomic E-state index is 12.3. The zero-order valence-corrected chi connectivity index (χ0v) is 15.5. The predicted octanol–water partition coefficient (Wildman–Crippen LogP) is 3.14. The van der Waals surface area contributed by atoms with Gasteiger partial charge in [-0.1, -0.05) is 20.8 Å². The molecule has 1 saturated carbocycles. The molecule has 0 atom stereocenters. The second-order valence-electron chi connectivity index (χ2n) is 8.08. The first-order valence-electron chi connectivity index (χ1n) is 8.68. The van der Waals surface area contributed by atoms with Gasteiger partial charge in [0.15, 0.2) is 0 Å². The van der Waals surface area contributed by atoms with E-state index in [9.17, 15) is 4.79 Å². The molecule has 128 valence electrons. The SMILES string of the molecule is CN(CC1CCN(c2nc(C3CC3)ns2)CC1)C(=O)C(C)(C)C. The number of carbonyl (C=O) groups is 1.